The van der Waals surface area contributed by atoms with Crippen LogP contribution in [-0.2, 0) is 0 Å². The topological polar surface area (TPSA) is 0 Å². The van der Waals surface area contributed by atoms with Gasteiger partial charge in [-0.2, -0.15) is 0 Å². The van der Waals surface area contributed by atoms with Crippen molar-refractivity contribution in [1.82, 2.24) is 0 Å². The molecule has 2 aliphatic rings. The Balaban J connectivity index is 0.000000605. The lowest BCUT2D eigenvalue weighted by atomic mass is 10.2. The Kier molecular flexibility index (Phi) is 1.17. The molecule has 10 heavy (non-hydrogen) atoms. The standard InChI is InChI=1S/C10H7/c1-2-5-9-7-4-8-10(9)6-3-1/h1-3,5-8H/p+1. The molecule has 0 aromatic carbocycles. The Morgan fingerprint density at radius 3 is 2.10 bits per heavy atom. The molecule has 0 spiro atoms. The van der Waals surface area contributed by atoms with Gasteiger partial charge < -0.3 is 0 Å². The third-order valence-corrected chi connectivity index (χ3v) is 1.58. The number of hydrogen-bond donors (Lipinski definition) is 0. The molecule has 1 radical (unpaired) electrons. The van der Waals surface area contributed by atoms with Crippen molar-refractivity contribution >= 4 is 0 Å². The number of rotatable bonds is 0. The van der Waals surface area contributed by atoms with Crippen molar-refractivity contribution in [1.29, 1.82) is 0 Å². The zero-order valence-corrected chi connectivity index (χ0v) is 5.54. The van der Waals surface area contributed by atoms with E-state index in [9.17, 15) is 0 Å². The van der Waals surface area contributed by atoms with Crippen LogP contribution in [0.3, 0.4) is 0 Å². The van der Waals surface area contributed by atoms with E-state index in [1.807, 2.05) is 30.3 Å². The summed E-state index contributed by atoms with van der Waals surface area (Å²) in [7, 11) is 0. The van der Waals surface area contributed by atoms with E-state index in [-0.39, 0.29) is 1.43 Å². The average molecular weight is 128 g/mol. The Bertz CT molecular complexity index is 276. The van der Waals surface area contributed by atoms with Crippen LogP contribution in [0.1, 0.15) is 1.43 Å². The summed E-state index contributed by atoms with van der Waals surface area (Å²) in [5.74, 6) is 0. The van der Waals surface area contributed by atoms with Crippen LogP contribution in [0.5, 0.6) is 0 Å². The highest BCUT2D eigenvalue weighted by Gasteiger charge is 1.94. The van der Waals surface area contributed by atoms with E-state index in [2.05, 4.69) is 18.2 Å². The Labute approximate surface area is 62.0 Å². The maximum Gasteiger partial charge on any atom is 1.00 e. The van der Waals surface area contributed by atoms with Gasteiger partial charge in [-0.05, 0) is 29.3 Å². The van der Waals surface area contributed by atoms with E-state index in [0.29, 0.717) is 0 Å². The molecule has 47 valence electrons. The summed E-state index contributed by atoms with van der Waals surface area (Å²) in [6.07, 6.45) is 0. The van der Waals surface area contributed by atoms with E-state index >= 15 is 0 Å². The Hall–Kier alpha value is -1.30. The van der Waals surface area contributed by atoms with Crippen LogP contribution < -0.4 is 0 Å². The quantitative estimate of drug-likeness (QED) is 0.511. The molecule has 0 N–H and O–H groups in total. The fourth-order valence-corrected chi connectivity index (χ4v) is 1.06. The van der Waals surface area contributed by atoms with Gasteiger partial charge in [-0.1, -0.05) is 30.3 Å². The summed E-state index contributed by atoms with van der Waals surface area (Å²) >= 11 is 0. The van der Waals surface area contributed by atoms with Crippen LogP contribution in [-0.4, -0.2) is 0 Å². The molecule has 0 unspecified atom stereocenters. The summed E-state index contributed by atoms with van der Waals surface area (Å²) in [5.41, 5.74) is 2.51. The lowest BCUT2D eigenvalue weighted by molar-refractivity contribution is 1.84. The first kappa shape index (κ1) is 5.48. The maximum absolute atomic E-state index is 3.05. The fourth-order valence-electron chi connectivity index (χ4n) is 1.06. The molecule has 0 bridgehead atoms. The number of hydrogen-bond acceptors (Lipinski definition) is 0. The van der Waals surface area contributed by atoms with Crippen LogP contribution >= 0.6 is 0 Å². The summed E-state index contributed by atoms with van der Waals surface area (Å²) < 4.78 is 0. The minimum Gasteiger partial charge on any atom is -0.0622 e. The maximum atomic E-state index is 3.05. The van der Waals surface area contributed by atoms with Crippen LogP contribution in [0.15, 0.2) is 42.5 Å². The van der Waals surface area contributed by atoms with Crippen molar-refractivity contribution in [3.8, 4) is 11.1 Å². The van der Waals surface area contributed by atoms with Crippen molar-refractivity contribution in [3.63, 3.8) is 0 Å². The lowest BCUT2D eigenvalue weighted by Crippen LogP contribution is -1.59. The zero-order chi connectivity index (χ0) is 6.81. The molecule has 0 aliphatic heterocycles. The van der Waals surface area contributed by atoms with Gasteiger partial charge in [0.05, 0.1) is 0 Å². The molecule has 2 aliphatic carbocycles. The molecule has 0 aromatic heterocycles. The SMILES string of the molecule is [H+].[c]1cc2cccccc-2c1. The average Bonchev–Trinajstić information content (AvgIpc) is 2.28. The molecule has 0 fully saturated rings. The summed E-state index contributed by atoms with van der Waals surface area (Å²) in [5, 5.41) is 0. The van der Waals surface area contributed by atoms with Crippen LogP contribution in [0.2, 0.25) is 0 Å². The van der Waals surface area contributed by atoms with Crippen molar-refractivity contribution in [3.05, 3.63) is 48.5 Å². The molecule has 0 amide bonds. The predicted molar refractivity (Wildman–Crippen MR) is 43.0 cm³/mol. The van der Waals surface area contributed by atoms with E-state index in [4.69, 9.17) is 0 Å². The largest absolute Gasteiger partial charge is 1.00 e. The molecule has 0 saturated heterocycles. The van der Waals surface area contributed by atoms with Crippen LogP contribution in [0.25, 0.3) is 11.1 Å². The molecule has 0 nitrogen and oxygen atoms in total. The van der Waals surface area contributed by atoms with Gasteiger partial charge in [-0.25, -0.2) is 0 Å². The van der Waals surface area contributed by atoms with E-state index < -0.39 is 0 Å². The summed E-state index contributed by atoms with van der Waals surface area (Å²) in [6, 6.07) is 17.3. The van der Waals surface area contributed by atoms with Gasteiger partial charge in [-0.3, -0.25) is 0 Å². The summed E-state index contributed by atoms with van der Waals surface area (Å²) in [4.78, 5) is 0. The summed E-state index contributed by atoms with van der Waals surface area (Å²) in [6.45, 7) is 0. The van der Waals surface area contributed by atoms with Crippen molar-refractivity contribution in [2.24, 2.45) is 0 Å². The lowest BCUT2D eigenvalue weighted by Gasteiger charge is -1.85. The van der Waals surface area contributed by atoms with Gasteiger partial charge >= 0.3 is 1.43 Å². The van der Waals surface area contributed by atoms with E-state index in [0.717, 1.165) is 0 Å². The van der Waals surface area contributed by atoms with E-state index in [1.54, 1.807) is 0 Å². The first-order valence-electron chi connectivity index (χ1n) is 3.32. The first-order valence-corrected chi connectivity index (χ1v) is 3.32. The number of fused-ring (bicyclic) bond motifs is 1. The van der Waals surface area contributed by atoms with Gasteiger partial charge in [0.1, 0.15) is 0 Å². The highest BCUT2D eigenvalue weighted by atomic mass is 14.0. The van der Waals surface area contributed by atoms with Gasteiger partial charge in [0.15, 0.2) is 0 Å². The monoisotopic (exact) mass is 128 g/mol. The van der Waals surface area contributed by atoms with E-state index in [1.165, 1.54) is 11.1 Å². The smallest absolute Gasteiger partial charge is 0.0622 e. The van der Waals surface area contributed by atoms with Gasteiger partial charge in [0, 0.05) is 0 Å². The third kappa shape index (κ3) is 0.781. The highest BCUT2D eigenvalue weighted by molar-refractivity contribution is 5.64. The molecule has 0 heterocycles. The van der Waals surface area contributed by atoms with Gasteiger partial charge in [0.25, 0.3) is 0 Å². The van der Waals surface area contributed by atoms with Crippen molar-refractivity contribution in [2.45, 2.75) is 0 Å². The molecular weight excluding hydrogens is 120 g/mol. The molecule has 0 aromatic rings. The molecule has 2 rings (SSSR count). The second-order valence-corrected chi connectivity index (χ2v) is 2.28. The van der Waals surface area contributed by atoms with Crippen LogP contribution in [0, 0.1) is 6.07 Å². The second kappa shape index (κ2) is 2.14. The highest BCUT2D eigenvalue weighted by Crippen LogP contribution is 2.19. The zero-order valence-electron chi connectivity index (χ0n) is 6.54. The molecular formula is C10H8+. The third-order valence-electron chi connectivity index (χ3n) is 1.58. The Morgan fingerprint density at radius 1 is 0.900 bits per heavy atom. The minimum atomic E-state index is 0. The van der Waals surface area contributed by atoms with Gasteiger partial charge in [-0.15, -0.1) is 0 Å². The molecule has 0 saturated carbocycles. The minimum absolute atomic E-state index is 0. The fraction of sp³-hybridized carbons (Fsp3) is 0. The molecule has 0 atom stereocenters. The van der Waals surface area contributed by atoms with Crippen molar-refractivity contribution < 1.29 is 1.43 Å². The second-order valence-electron chi connectivity index (χ2n) is 2.28. The van der Waals surface area contributed by atoms with Crippen LogP contribution in [0.4, 0.5) is 0 Å². The predicted octanol–water partition coefficient (Wildman–Crippen LogP) is 2.70. The molecule has 0 heteroatoms. The Morgan fingerprint density at radius 2 is 1.50 bits per heavy atom. The van der Waals surface area contributed by atoms with Crippen molar-refractivity contribution in [2.75, 3.05) is 0 Å². The normalized spacial score (nSPS) is 10.0. The first-order chi connectivity index (χ1) is 4.97. The van der Waals surface area contributed by atoms with Gasteiger partial charge in [0.2, 0.25) is 0 Å².